The molecule has 0 saturated carbocycles. The van der Waals surface area contributed by atoms with Gasteiger partial charge in [-0.15, -0.1) is 0 Å². The van der Waals surface area contributed by atoms with Crippen LogP contribution in [-0.4, -0.2) is 14.9 Å². The van der Waals surface area contributed by atoms with Crippen molar-refractivity contribution in [3.8, 4) is 11.8 Å². The lowest BCUT2D eigenvalue weighted by atomic mass is 9.74. The molecule has 1 N–H and O–H groups in total. The fourth-order valence-corrected chi connectivity index (χ4v) is 3.48. The van der Waals surface area contributed by atoms with Crippen LogP contribution in [0, 0.1) is 28.4 Å². The summed E-state index contributed by atoms with van der Waals surface area (Å²) < 4.78 is 29.5. The predicted molar refractivity (Wildman–Crippen MR) is 84.6 cm³/mol. The standard InChI is InChI=1S/C18H19F2N3O/c1-4-14-17-15(7-18(2,3)8-16(17)24)23(22-14)10-5-12(19)11(9-21)13(20)6-10/h5-6,16,24H,4,7-8H2,1-3H3. The van der Waals surface area contributed by atoms with Gasteiger partial charge in [0.25, 0.3) is 0 Å². The minimum Gasteiger partial charge on any atom is -0.388 e. The highest BCUT2D eigenvalue weighted by molar-refractivity contribution is 5.45. The van der Waals surface area contributed by atoms with Crippen LogP contribution < -0.4 is 0 Å². The average molecular weight is 331 g/mol. The molecule has 3 rings (SSSR count). The lowest BCUT2D eigenvalue weighted by molar-refractivity contribution is 0.0979. The van der Waals surface area contributed by atoms with Crippen molar-refractivity contribution < 1.29 is 13.9 Å². The molecule has 24 heavy (non-hydrogen) atoms. The van der Waals surface area contributed by atoms with E-state index in [9.17, 15) is 13.9 Å². The maximum Gasteiger partial charge on any atom is 0.146 e. The fraction of sp³-hybridized carbons (Fsp3) is 0.444. The number of hydrogen-bond acceptors (Lipinski definition) is 3. The van der Waals surface area contributed by atoms with E-state index in [0.717, 1.165) is 29.1 Å². The Morgan fingerprint density at radius 3 is 2.54 bits per heavy atom. The van der Waals surface area contributed by atoms with Gasteiger partial charge in [0.2, 0.25) is 0 Å². The topological polar surface area (TPSA) is 61.8 Å². The van der Waals surface area contributed by atoms with Gasteiger partial charge < -0.3 is 5.11 Å². The molecule has 1 unspecified atom stereocenters. The number of aromatic nitrogens is 2. The Balaban J connectivity index is 2.22. The lowest BCUT2D eigenvalue weighted by Crippen LogP contribution is -2.27. The summed E-state index contributed by atoms with van der Waals surface area (Å²) in [5, 5.41) is 23.8. The Kier molecular flexibility index (Phi) is 3.92. The van der Waals surface area contributed by atoms with Crippen molar-refractivity contribution >= 4 is 0 Å². The average Bonchev–Trinajstić information content (AvgIpc) is 2.84. The van der Waals surface area contributed by atoms with Crippen LogP contribution in [0.5, 0.6) is 0 Å². The highest BCUT2D eigenvalue weighted by Crippen LogP contribution is 2.43. The van der Waals surface area contributed by atoms with Gasteiger partial charge in [-0.25, -0.2) is 13.5 Å². The molecule has 1 aromatic heterocycles. The van der Waals surface area contributed by atoms with Gasteiger partial charge in [0.15, 0.2) is 0 Å². The smallest absolute Gasteiger partial charge is 0.146 e. The maximum atomic E-state index is 14.0. The van der Waals surface area contributed by atoms with Crippen molar-refractivity contribution in [1.82, 2.24) is 9.78 Å². The zero-order chi connectivity index (χ0) is 17.6. The van der Waals surface area contributed by atoms with Gasteiger partial charge in [-0.1, -0.05) is 20.8 Å². The number of aryl methyl sites for hydroxylation is 1. The maximum absolute atomic E-state index is 14.0. The first-order valence-corrected chi connectivity index (χ1v) is 7.95. The zero-order valence-corrected chi connectivity index (χ0v) is 13.9. The highest BCUT2D eigenvalue weighted by atomic mass is 19.1. The van der Waals surface area contributed by atoms with Crippen LogP contribution in [0.2, 0.25) is 0 Å². The van der Waals surface area contributed by atoms with E-state index in [1.165, 1.54) is 10.8 Å². The molecule has 0 aliphatic heterocycles. The van der Waals surface area contributed by atoms with E-state index in [1.807, 2.05) is 20.8 Å². The number of rotatable bonds is 2. The minimum atomic E-state index is -0.912. The van der Waals surface area contributed by atoms with Crippen LogP contribution in [-0.2, 0) is 12.8 Å². The molecule has 126 valence electrons. The molecule has 1 aliphatic carbocycles. The number of hydrogen-bond donors (Lipinski definition) is 1. The molecule has 1 aromatic carbocycles. The summed E-state index contributed by atoms with van der Waals surface area (Å²) in [6.45, 7) is 6.02. The number of aliphatic hydroxyl groups is 1. The number of nitriles is 1. The Labute approximate surface area is 139 Å². The molecule has 0 radical (unpaired) electrons. The lowest BCUT2D eigenvalue weighted by Gasteiger charge is -2.33. The largest absolute Gasteiger partial charge is 0.388 e. The summed E-state index contributed by atoms with van der Waals surface area (Å²) in [5.41, 5.74) is 1.76. The molecule has 0 saturated heterocycles. The number of halogens is 2. The molecule has 0 amide bonds. The Morgan fingerprint density at radius 1 is 1.38 bits per heavy atom. The second-order valence-electron chi connectivity index (χ2n) is 7.03. The van der Waals surface area contributed by atoms with Crippen molar-refractivity contribution in [2.24, 2.45) is 5.41 Å². The summed E-state index contributed by atoms with van der Waals surface area (Å²) in [7, 11) is 0. The van der Waals surface area contributed by atoms with E-state index in [-0.39, 0.29) is 11.1 Å². The first-order chi connectivity index (χ1) is 11.3. The molecular weight excluding hydrogens is 312 g/mol. The predicted octanol–water partition coefficient (Wildman–Crippen LogP) is 3.59. The van der Waals surface area contributed by atoms with Gasteiger partial charge in [0.05, 0.1) is 23.2 Å². The molecule has 1 atom stereocenters. The van der Waals surface area contributed by atoms with Gasteiger partial charge in [0.1, 0.15) is 23.3 Å². The van der Waals surface area contributed by atoms with E-state index in [2.05, 4.69) is 5.10 Å². The van der Waals surface area contributed by atoms with Gasteiger partial charge >= 0.3 is 0 Å². The minimum absolute atomic E-state index is 0.140. The second kappa shape index (κ2) is 5.67. The Hall–Kier alpha value is -2.26. The Bertz CT molecular complexity index is 826. The summed E-state index contributed by atoms with van der Waals surface area (Å²) in [6.07, 6.45) is 1.25. The van der Waals surface area contributed by atoms with Crippen LogP contribution in [0.1, 0.15) is 55.8 Å². The molecule has 0 spiro atoms. The number of nitrogens with zero attached hydrogens (tertiary/aromatic N) is 3. The third-order valence-electron chi connectivity index (χ3n) is 4.54. The molecule has 1 aliphatic rings. The van der Waals surface area contributed by atoms with E-state index in [1.54, 1.807) is 0 Å². The van der Waals surface area contributed by atoms with Crippen LogP contribution >= 0.6 is 0 Å². The van der Waals surface area contributed by atoms with Crippen LogP contribution in [0.3, 0.4) is 0 Å². The van der Waals surface area contributed by atoms with Crippen LogP contribution in [0.4, 0.5) is 8.78 Å². The molecular formula is C18H19F2N3O. The fourth-order valence-electron chi connectivity index (χ4n) is 3.48. The van der Waals surface area contributed by atoms with E-state index < -0.39 is 23.3 Å². The first kappa shape index (κ1) is 16.6. The number of benzene rings is 1. The molecule has 2 aromatic rings. The molecule has 0 fully saturated rings. The van der Waals surface area contributed by atoms with Crippen molar-refractivity contribution in [3.63, 3.8) is 0 Å². The van der Waals surface area contributed by atoms with Gasteiger partial charge in [-0.3, -0.25) is 0 Å². The highest BCUT2D eigenvalue weighted by Gasteiger charge is 2.36. The van der Waals surface area contributed by atoms with E-state index in [4.69, 9.17) is 5.26 Å². The molecule has 0 bridgehead atoms. The van der Waals surface area contributed by atoms with Crippen molar-refractivity contribution in [2.75, 3.05) is 0 Å². The quantitative estimate of drug-likeness (QED) is 0.915. The zero-order valence-electron chi connectivity index (χ0n) is 13.9. The Morgan fingerprint density at radius 2 is 2.00 bits per heavy atom. The third-order valence-corrected chi connectivity index (χ3v) is 4.54. The van der Waals surface area contributed by atoms with E-state index in [0.29, 0.717) is 19.3 Å². The van der Waals surface area contributed by atoms with Gasteiger partial charge in [-0.05, 0) is 24.7 Å². The summed E-state index contributed by atoms with van der Waals surface area (Å²) in [6, 6.07) is 3.75. The SMILES string of the molecule is CCc1nn(-c2cc(F)c(C#N)c(F)c2)c2c1C(O)CC(C)(C)C2. The normalized spacial score (nSPS) is 19.0. The van der Waals surface area contributed by atoms with E-state index >= 15 is 0 Å². The molecule has 1 heterocycles. The number of fused-ring (bicyclic) bond motifs is 1. The van der Waals surface area contributed by atoms with Crippen molar-refractivity contribution in [3.05, 3.63) is 46.3 Å². The molecule has 6 heteroatoms. The van der Waals surface area contributed by atoms with Gasteiger partial charge in [0, 0.05) is 17.7 Å². The summed E-state index contributed by atoms with van der Waals surface area (Å²) in [4.78, 5) is 0. The summed E-state index contributed by atoms with van der Waals surface area (Å²) >= 11 is 0. The monoisotopic (exact) mass is 331 g/mol. The third kappa shape index (κ3) is 2.59. The van der Waals surface area contributed by atoms with Crippen molar-refractivity contribution in [2.45, 2.75) is 46.1 Å². The van der Waals surface area contributed by atoms with Crippen LogP contribution in [0.15, 0.2) is 12.1 Å². The van der Waals surface area contributed by atoms with Gasteiger partial charge in [-0.2, -0.15) is 10.4 Å². The summed E-state index contributed by atoms with van der Waals surface area (Å²) in [5.74, 6) is -1.82. The number of aliphatic hydroxyl groups excluding tert-OH is 1. The molecule has 4 nitrogen and oxygen atoms in total. The van der Waals surface area contributed by atoms with Crippen LogP contribution in [0.25, 0.3) is 5.69 Å². The van der Waals surface area contributed by atoms with Crippen molar-refractivity contribution in [1.29, 1.82) is 5.26 Å². The second-order valence-corrected chi connectivity index (χ2v) is 7.03. The first-order valence-electron chi connectivity index (χ1n) is 7.95.